The molecule has 0 bridgehead atoms. The van der Waals surface area contributed by atoms with Crippen molar-refractivity contribution in [1.29, 1.82) is 0 Å². The van der Waals surface area contributed by atoms with E-state index in [0.29, 0.717) is 12.3 Å². The quantitative estimate of drug-likeness (QED) is 0.674. The lowest BCUT2D eigenvalue weighted by Crippen LogP contribution is -2.50. The lowest BCUT2D eigenvalue weighted by molar-refractivity contribution is -0.147. The van der Waals surface area contributed by atoms with Gasteiger partial charge in [0.05, 0.1) is 13.5 Å². The normalized spacial score (nSPS) is 32.8. The van der Waals surface area contributed by atoms with E-state index in [1.54, 1.807) is 0 Å². The highest BCUT2D eigenvalue weighted by Gasteiger charge is 2.46. The fourth-order valence-corrected chi connectivity index (χ4v) is 2.16. The monoisotopic (exact) mass is 185 g/mol. The van der Waals surface area contributed by atoms with E-state index in [9.17, 15) is 4.79 Å². The minimum atomic E-state index is -0.111. The number of rotatable bonds is 3. The van der Waals surface area contributed by atoms with E-state index < -0.39 is 0 Å². The summed E-state index contributed by atoms with van der Waals surface area (Å²) in [5.74, 6) is 0.395. The molecule has 1 fully saturated rings. The fraction of sp³-hybridized carbons (Fsp3) is 0.900. The standard InChI is InChI=1S/C10H19NO2/c1-7(2)10(4-8(11)5-10)6-9(12)13-3/h7-8H,4-6,11H2,1-3H3. The van der Waals surface area contributed by atoms with Gasteiger partial charge in [-0.05, 0) is 24.2 Å². The van der Waals surface area contributed by atoms with Crippen LogP contribution < -0.4 is 5.73 Å². The van der Waals surface area contributed by atoms with Crippen molar-refractivity contribution >= 4 is 5.97 Å². The van der Waals surface area contributed by atoms with E-state index in [0.717, 1.165) is 12.8 Å². The van der Waals surface area contributed by atoms with Crippen molar-refractivity contribution in [3.63, 3.8) is 0 Å². The molecule has 0 aromatic rings. The van der Waals surface area contributed by atoms with Crippen LogP contribution in [0.4, 0.5) is 0 Å². The first-order chi connectivity index (χ1) is 6.00. The number of carbonyl (C=O) groups is 1. The molecule has 13 heavy (non-hydrogen) atoms. The zero-order valence-corrected chi connectivity index (χ0v) is 8.67. The van der Waals surface area contributed by atoms with Crippen LogP contribution in [0.2, 0.25) is 0 Å². The van der Waals surface area contributed by atoms with E-state index in [4.69, 9.17) is 5.73 Å². The second kappa shape index (κ2) is 3.66. The van der Waals surface area contributed by atoms with Crippen LogP contribution in [0, 0.1) is 11.3 Å². The van der Waals surface area contributed by atoms with E-state index in [1.807, 2.05) is 0 Å². The molecule has 0 aliphatic heterocycles. The number of methoxy groups -OCH3 is 1. The van der Waals surface area contributed by atoms with Gasteiger partial charge in [0.2, 0.25) is 0 Å². The largest absolute Gasteiger partial charge is 0.469 e. The van der Waals surface area contributed by atoms with Crippen LogP contribution in [0.15, 0.2) is 0 Å². The molecule has 0 atom stereocenters. The summed E-state index contributed by atoms with van der Waals surface area (Å²) in [5.41, 5.74) is 5.87. The first-order valence-corrected chi connectivity index (χ1v) is 4.82. The van der Waals surface area contributed by atoms with E-state index in [2.05, 4.69) is 18.6 Å². The third-order valence-corrected chi connectivity index (χ3v) is 3.29. The predicted octanol–water partition coefficient (Wildman–Crippen LogP) is 1.31. The summed E-state index contributed by atoms with van der Waals surface area (Å²) < 4.78 is 4.69. The molecule has 1 rings (SSSR count). The summed E-state index contributed by atoms with van der Waals surface area (Å²) in [6.45, 7) is 4.30. The van der Waals surface area contributed by atoms with Crippen molar-refractivity contribution in [3.05, 3.63) is 0 Å². The Morgan fingerprint density at radius 3 is 2.46 bits per heavy atom. The number of hydrogen-bond donors (Lipinski definition) is 1. The van der Waals surface area contributed by atoms with Gasteiger partial charge in [0.15, 0.2) is 0 Å². The third-order valence-electron chi connectivity index (χ3n) is 3.29. The minimum absolute atomic E-state index is 0.111. The highest BCUT2D eigenvalue weighted by molar-refractivity contribution is 5.70. The first kappa shape index (κ1) is 10.5. The SMILES string of the molecule is COC(=O)CC1(C(C)C)CC(N)C1. The molecular weight excluding hydrogens is 166 g/mol. The van der Waals surface area contributed by atoms with Gasteiger partial charge >= 0.3 is 5.97 Å². The molecule has 1 aliphatic carbocycles. The molecule has 0 heterocycles. The molecule has 0 spiro atoms. The van der Waals surface area contributed by atoms with Crippen molar-refractivity contribution in [2.45, 2.75) is 39.2 Å². The molecule has 3 nitrogen and oxygen atoms in total. The van der Waals surface area contributed by atoms with Crippen molar-refractivity contribution in [1.82, 2.24) is 0 Å². The third kappa shape index (κ3) is 2.02. The summed E-state index contributed by atoms with van der Waals surface area (Å²) in [5, 5.41) is 0. The van der Waals surface area contributed by atoms with Gasteiger partial charge < -0.3 is 10.5 Å². The van der Waals surface area contributed by atoms with Crippen molar-refractivity contribution in [2.75, 3.05) is 7.11 Å². The predicted molar refractivity (Wildman–Crippen MR) is 51.1 cm³/mol. The van der Waals surface area contributed by atoms with Crippen LogP contribution in [0.3, 0.4) is 0 Å². The van der Waals surface area contributed by atoms with Gasteiger partial charge in [-0.15, -0.1) is 0 Å². The Morgan fingerprint density at radius 1 is 1.62 bits per heavy atom. The number of nitrogens with two attached hydrogens (primary N) is 1. The maximum atomic E-state index is 11.2. The van der Waals surface area contributed by atoms with Crippen molar-refractivity contribution < 1.29 is 9.53 Å². The first-order valence-electron chi connectivity index (χ1n) is 4.82. The average molecular weight is 185 g/mol. The topological polar surface area (TPSA) is 52.3 Å². The van der Waals surface area contributed by atoms with Crippen LogP contribution in [-0.4, -0.2) is 19.1 Å². The molecule has 76 valence electrons. The van der Waals surface area contributed by atoms with Crippen LogP contribution in [-0.2, 0) is 9.53 Å². The Balaban J connectivity index is 2.55. The van der Waals surface area contributed by atoms with Gasteiger partial charge in [0, 0.05) is 6.04 Å². The maximum Gasteiger partial charge on any atom is 0.306 e. The average Bonchev–Trinajstić information content (AvgIpc) is 2.00. The molecule has 1 aliphatic rings. The van der Waals surface area contributed by atoms with Crippen molar-refractivity contribution in [2.24, 2.45) is 17.1 Å². The van der Waals surface area contributed by atoms with Gasteiger partial charge in [-0.2, -0.15) is 0 Å². The van der Waals surface area contributed by atoms with Crippen LogP contribution in [0.25, 0.3) is 0 Å². The van der Waals surface area contributed by atoms with Gasteiger partial charge in [-0.1, -0.05) is 13.8 Å². The second-order valence-electron chi connectivity index (χ2n) is 4.44. The summed E-state index contributed by atoms with van der Waals surface area (Å²) in [6, 6.07) is 0.284. The zero-order valence-electron chi connectivity index (χ0n) is 8.67. The van der Waals surface area contributed by atoms with Crippen LogP contribution in [0.5, 0.6) is 0 Å². The molecule has 0 radical (unpaired) electrons. The molecule has 2 N–H and O–H groups in total. The Bertz CT molecular complexity index is 195. The molecule has 0 amide bonds. The molecule has 0 aromatic heterocycles. The maximum absolute atomic E-state index is 11.2. The molecule has 3 heteroatoms. The summed E-state index contributed by atoms with van der Waals surface area (Å²) in [6.07, 6.45) is 2.44. The molecule has 0 saturated heterocycles. The van der Waals surface area contributed by atoms with Gasteiger partial charge in [0.25, 0.3) is 0 Å². The lowest BCUT2D eigenvalue weighted by Gasteiger charge is -2.48. The molecule has 0 unspecified atom stereocenters. The summed E-state index contributed by atoms with van der Waals surface area (Å²) in [4.78, 5) is 11.2. The number of hydrogen-bond acceptors (Lipinski definition) is 3. The Labute approximate surface area is 79.6 Å². The Kier molecular flexibility index (Phi) is 2.96. The van der Waals surface area contributed by atoms with Gasteiger partial charge in [-0.25, -0.2) is 0 Å². The fourth-order valence-electron chi connectivity index (χ4n) is 2.16. The second-order valence-corrected chi connectivity index (χ2v) is 4.44. The van der Waals surface area contributed by atoms with Crippen LogP contribution in [0.1, 0.15) is 33.1 Å². The Hall–Kier alpha value is -0.570. The number of carbonyl (C=O) groups excluding carboxylic acids is 1. The Morgan fingerprint density at radius 2 is 2.15 bits per heavy atom. The van der Waals surface area contributed by atoms with Gasteiger partial charge in [-0.3, -0.25) is 4.79 Å². The minimum Gasteiger partial charge on any atom is -0.469 e. The lowest BCUT2D eigenvalue weighted by atomic mass is 9.58. The van der Waals surface area contributed by atoms with E-state index in [1.165, 1.54) is 7.11 Å². The summed E-state index contributed by atoms with van der Waals surface area (Å²) in [7, 11) is 1.44. The van der Waals surface area contributed by atoms with Crippen LogP contribution >= 0.6 is 0 Å². The molecular formula is C10H19NO2. The summed E-state index contributed by atoms with van der Waals surface area (Å²) >= 11 is 0. The molecule has 1 saturated carbocycles. The number of esters is 1. The van der Waals surface area contributed by atoms with E-state index in [-0.39, 0.29) is 17.4 Å². The van der Waals surface area contributed by atoms with Gasteiger partial charge in [0.1, 0.15) is 0 Å². The zero-order chi connectivity index (χ0) is 10.1. The highest BCUT2D eigenvalue weighted by Crippen LogP contribution is 2.49. The smallest absolute Gasteiger partial charge is 0.306 e. The van der Waals surface area contributed by atoms with E-state index >= 15 is 0 Å². The molecule has 0 aromatic carbocycles. The van der Waals surface area contributed by atoms with Crippen molar-refractivity contribution in [3.8, 4) is 0 Å². The number of ether oxygens (including phenoxy) is 1. The highest BCUT2D eigenvalue weighted by atomic mass is 16.5.